The molecule has 2 aliphatic rings. The molecule has 1 aromatic rings. The molecule has 2 N–H and O–H groups in total. The van der Waals surface area contributed by atoms with Crippen molar-refractivity contribution in [3.63, 3.8) is 0 Å². The van der Waals surface area contributed by atoms with Crippen molar-refractivity contribution < 1.29 is 9.47 Å². The van der Waals surface area contributed by atoms with Crippen LogP contribution in [0.3, 0.4) is 0 Å². The minimum Gasteiger partial charge on any atom is -0.493 e. The zero-order valence-electron chi connectivity index (χ0n) is 13.9. The van der Waals surface area contributed by atoms with Crippen LogP contribution < -0.4 is 15.2 Å². The van der Waals surface area contributed by atoms with Gasteiger partial charge in [0.1, 0.15) is 0 Å². The third kappa shape index (κ3) is 3.30. The van der Waals surface area contributed by atoms with E-state index in [2.05, 4.69) is 6.07 Å². The summed E-state index contributed by atoms with van der Waals surface area (Å²) in [5.74, 6) is 1.53. The average molecular weight is 314 g/mol. The maximum absolute atomic E-state index is 9.82. The van der Waals surface area contributed by atoms with Crippen molar-refractivity contribution in [3.8, 4) is 17.6 Å². The Labute approximate surface area is 138 Å². The van der Waals surface area contributed by atoms with Crippen molar-refractivity contribution in [1.82, 2.24) is 0 Å². The summed E-state index contributed by atoms with van der Waals surface area (Å²) in [5.41, 5.74) is 6.63. The van der Waals surface area contributed by atoms with Gasteiger partial charge >= 0.3 is 0 Å². The average Bonchev–Trinajstić information content (AvgIpc) is 3.09. The molecule has 0 atom stereocenters. The molecule has 0 aliphatic heterocycles. The molecule has 0 bridgehead atoms. The van der Waals surface area contributed by atoms with Crippen molar-refractivity contribution in [1.29, 1.82) is 5.26 Å². The number of nitriles is 1. The summed E-state index contributed by atoms with van der Waals surface area (Å²) >= 11 is 0. The Morgan fingerprint density at radius 2 is 1.83 bits per heavy atom. The fourth-order valence-electron chi connectivity index (χ4n) is 3.85. The van der Waals surface area contributed by atoms with Gasteiger partial charge in [-0.2, -0.15) is 5.26 Å². The van der Waals surface area contributed by atoms with Crippen LogP contribution in [0.25, 0.3) is 0 Å². The molecule has 2 aliphatic carbocycles. The van der Waals surface area contributed by atoms with Gasteiger partial charge in [0.15, 0.2) is 11.5 Å². The molecule has 4 nitrogen and oxygen atoms in total. The van der Waals surface area contributed by atoms with E-state index in [1.165, 1.54) is 12.8 Å². The Balaban J connectivity index is 1.88. The summed E-state index contributed by atoms with van der Waals surface area (Å²) in [4.78, 5) is 0. The van der Waals surface area contributed by atoms with Crippen LogP contribution in [0, 0.1) is 11.3 Å². The number of hydrogen-bond acceptors (Lipinski definition) is 4. The first kappa shape index (κ1) is 16.1. The molecule has 3 rings (SSSR count). The van der Waals surface area contributed by atoms with Crippen LogP contribution in [0.1, 0.15) is 56.9 Å². The largest absolute Gasteiger partial charge is 0.493 e. The van der Waals surface area contributed by atoms with Gasteiger partial charge in [0, 0.05) is 6.04 Å². The summed E-state index contributed by atoms with van der Waals surface area (Å²) in [6.45, 7) is 0. The highest BCUT2D eigenvalue weighted by molar-refractivity contribution is 5.47. The van der Waals surface area contributed by atoms with Crippen molar-refractivity contribution >= 4 is 0 Å². The van der Waals surface area contributed by atoms with Gasteiger partial charge in [-0.25, -0.2) is 0 Å². The number of nitrogens with zero attached hydrogens (tertiary/aromatic N) is 1. The van der Waals surface area contributed by atoms with Crippen LogP contribution >= 0.6 is 0 Å². The Bertz CT molecular complexity index is 580. The van der Waals surface area contributed by atoms with Gasteiger partial charge in [-0.05, 0) is 69.1 Å². The molecule has 1 aromatic carbocycles. The van der Waals surface area contributed by atoms with E-state index in [-0.39, 0.29) is 12.1 Å². The van der Waals surface area contributed by atoms with Crippen LogP contribution in [-0.4, -0.2) is 19.3 Å². The smallest absolute Gasteiger partial charge is 0.161 e. The SMILES string of the molecule is COc1ccc(C2(C#N)CCC(N)CC2)cc1OC1CCCC1. The van der Waals surface area contributed by atoms with Gasteiger partial charge in [0.05, 0.1) is 24.7 Å². The highest BCUT2D eigenvalue weighted by Crippen LogP contribution is 2.42. The van der Waals surface area contributed by atoms with E-state index in [9.17, 15) is 5.26 Å². The fourth-order valence-corrected chi connectivity index (χ4v) is 3.85. The van der Waals surface area contributed by atoms with E-state index in [4.69, 9.17) is 15.2 Å². The molecule has 0 aromatic heterocycles. The molecule has 0 amide bonds. The molecule has 2 fully saturated rings. The third-order valence-corrected chi connectivity index (χ3v) is 5.41. The molecule has 0 heterocycles. The minimum absolute atomic E-state index is 0.226. The lowest BCUT2D eigenvalue weighted by atomic mass is 9.69. The van der Waals surface area contributed by atoms with Crippen LogP contribution in [0.5, 0.6) is 11.5 Å². The first-order valence-corrected chi connectivity index (χ1v) is 8.69. The molecule has 0 radical (unpaired) electrons. The minimum atomic E-state index is -0.435. The van der Waals surface area contributed by atoms with Gasteiger partial charge in [0.25, 0.3) is 0 Å². The highest BCUT2D eigenvalue weighted by Gasteiger charge is 2.37. The van der Waals surface area contributed by atoms with Crippen LogP contribution in [0.2, 0.25) is 0 Å². The zero-order chi connectivity index (χ0) is 16.3. The normalized spacial score (nSPS) is 28.3. The number of methoxy groups -OCH3 is 1. The molecular formula is C19H26N2O2. The number of ether oxygens (including phenoxy) is 2. The highest BCUT2D eigenvalue weighted by atomic mass is 16.5. The maximum atomic E-state index is 9.82. The summed E-state index contributed by atoms with van der Waals surface area (Å²) in [5, 5.41) is 9.82. The molecular weight excluding hydrogens is 288 g/mol. The fraction of sp³-hybridized carbons (Fsp3) is 0.632. The Morgan fingerprint density at radius 1 is 1.13 bits per heavy atom. The summed E-state index contributed by atoms with van der Waals surface area (Å²) in [6, 6.07) is 8.76. The van der Waals surface area contributed by atoms with Crippen molar-refractivity contribution in [2.45, 2.75) is 68.9 Å². The van der Waals surface area contributed by atoms with E-state index < -0.39 is 5.41 Å². The topological polar surface area (TPSA) is 68.3 Å². The second-order valence-electron chi connectivity index (χ2n) is 6.92. The monoisotopic (exact) mass is 314 g/mol. The van der Waals surface area contributed by atoms with Crippen molar-refractivity contribution in [2.75, 3.05) is 7.11 Å². The van der Waals surface area contributed by atoms with Crippen LogP contribution in [-0.2, 0) is 5.41 Å². The van der Waals surface area contributed by atoms with Gasteiger partial charge in [-0.1, -0.05) is 6.07 Å². The number of benzene rings is 1. The van der Waals surface area contributed by atoms with E-state index >= 15 is 0 Å². The van der Waals surface area contributed by atoms with Gasteiger partial charge in [-0.3, -0.25) is 0 Å². The van der Waals surface area contributed by atoms with E-state index in [1.807, 2.05) is 18.2 Å². The number of nitrogens with two attached hydrogens (primary N) is 1. The molecule has 2 saturated carbocycles. The first-order valence-electron chi connectivity index (χ1n) is 8.69. The number of rotatable bonds is 4. The standard InChI is InChI=1S/C19H26N2O2/c1-22-17-7-6-14(12-18(17)23-16-4-2-3-5-16)19(13-20)10-8-15(21)9-11-19/h6-7,12,15-16H,2-5,8-11,21H2,1H3. The zero-order valence-corrected chi connectivity index (χ0v) is 13.9. The summed E-state index contributed by atoms with van der Waals surface area (Å²) in [6.07, 6.45) is 8.38. The summed E-state index contributed by atoms with van der Waals surface area (Å²) < 4.78 is 11.6. The van der Waals surface area contributed by atoms with Gasteiger partial charge < -0.3 is 15.2 Å². The van der Waals surface area contributed by atoms with Crippen LogP contribution in [0.4, 0.5) is 0 Å². The van der Waals surface area contributed by atoms with E-state index in [0.717, 1.165) is 55.6 Å². The molecule has 0 saturated heterocycles. The van der Waals surface area contributed by atoms with E-state index in [1.54, 1.807) is 7.11 Å². The molecule has 0 spiro atoms. The van der Waals surface area contributed by atoms with Crippen molar-refractivity contribution in [2.24, 2.45) is 5.73 Å². The third-order valence-electron chi connectivity index (χ3n) is 5.41. The predicted molar refractivity (Wildman–Crippen MR) is 89.6 cm³/mol. The lowest BCUT2D eigenvalue weighted by Crippen LogP contribution is -2.36. The number of hydrogen-bond donors (Lipinski definition) is 1. The van der Waals surface area contributed by atoms with Crippen LogP contribution in [0.15, 0.2) is 18.2 Å². The Kier molecular flexibility index (Phi) is 4.77. The Morgan fingerprint density at radius 3 is 2.43 bits per heavy atom. The molecule has 0 unspecified atom stereocenters. The molecule has 4 heteroatoms. The quantitative estimate of drug-likeness (QED) is 0.920. The van der Waals surface area contributed by atoms with Crippen molar-refractivity contribution in [3.05, 3.63) is 23.8 Å². The first-order chi connectivity index (χ1) is 11.2. The lowest BCUT2D eigenvalue weighted by Gasteiger charge is -2.34. The second-order valence-corrected chi connectivity index (χ2v) is 6.92. The van der Waals surface area contributed by atoms with Gasteiger partial charge in [0.2, 0.25) is 0 Å². The lowest BCUT2D eigenvalue weighted by molar-refractivity contribution is 0.200. The Hall–Kier alpha value is -1.73. The van der Waals surface area contributed by atoms with E-state index in [0.29, 0.717) is 0 Å². The molecule has 124 valence electrons. The maximum Gasteiger partial charge on any atom is 0.161 e. The second kappa shape index (κ2) is 6.80. The predicted octanol–water partition coefficient (Wildman–Crippen LogP) is 3.68. The van der Waals surface area contributed by atoms with Gasteiger partial charge in [-0.15, -0.1) is 0 Å². The molecule has 23 heavy (non-hydrogen) atoms. The summed E-state index contributed by atoms with van der Waals surface area (Å²) in [7, 11) is 1.66.